The number of hydrogen-bond donors (Lipinski definition) is 2. The highest BCUT2D eigenvalue weighted by molar-refractivity contribution is 5.80. The lowest BCUT2D eigenvalue weighted by Crippen LogP contribution is -2.36. The summed E-state index contributed by atoms with van der Waals surface area (Å²) in [6.07, 6.45) is -0.315. The van der Waals surface area contributed by atoms with Gasteiger partial charge in [0.2, 0.25) is 0 Å². The molecule has 5 rings (SSSR count). The average Bonchev–Trinajstić information content (AvgIpc) is 3.34. The van der Waals surface area contributed by atoms with Crippen LogP contribution in [0.3, 0.4) is 0 Å². The van der Waals surface area contributed by atoms with Crippen LogP contribution in [0.25, 0.3) is 11.1 Å². The normalized spacial score (nSPS) is 18.4. The molecule has 0 bridgehead atoms. The molecule has 0 saturated carbocycles. The van der Waals surface area contributed by atoms with Crippen LogP contribution in [0.5, 0.6) is 5.75 Å². The Labute approximate surface area is 185 Å². The van der Waals surface area contributed by atoms with Gasteiger partial charge in [0.25, 0.3) is 0 Å². The maximum atomic E-state index is 12.8. The number of carbonyl (C=O) groups is 2. The summed E-state index contributed by atoms with van der Waals surface area (Å²) in [7, 11) is 1.32. The molecular weight excluding hydrogens is 406 g/mol. The molecule has 6 heteroatoms. The Morgan fingerprint density at radius 1 is 0.938 bits per heavy atom. The van der Waals surface area contributed by atoms with Crippen molar-refractivity contribution in [1.82, 2.24) is 5.32 Å². The fraction of sp³-hybridized carbons (Fsp3) is 0.231. The predicted molar refractivity (Wildman–Crippen MR) is 118 cm³/mol. The first-order valence-corrected chi connectivity index (χ1v) is 10.6. The molecule has 0 saturated heterocycles. The molecule has 0 spiro atoms. The van der Waals surface area contributed by atoms with Gasteiger partial charge in [0.15, 0.2) is 0 Å². The monoisotopic (exact) mass is 429 g/mol. The molecular formula is C26H23NO5. The van der Waals surface area contributed by atoms with Crippen molar-refractivity contribution in [2.75, 3.05) is 13.7 Å². The van der Waals surface area contributed by atoms with Crippen molar-refractivity contribution < 1.29 is 24.2 Å². The summed E-state index contributed by atoms with van der Waals surface area (Å²) in [5.74, 6) is -1.01. The number of aromatic hydroxyl groups is 1. The van der Waals surface area contributed by atoms with Crippen LogP contribution in [-0.4, -0.2) is 30.9 Å². The van der Waals surface area contributed by atoms with Crippen LogP contribution in [0, 0.1) is 5.92 Å². The van der Waals surface area contributed by atoms with E-state index in [4.69, 9.17) is 9.47 Å². The number of phenols is 1. The summed E-state index contributed by atoms with van der Waals surface area (Å²) in [6, 6.07) is 20.7. The Morgan fingerprint density at radius 3 is 2.22 bits per heavy atom. The summed E-state index contributed by atoms with van der Waals surface area (Å²) < 4.78 is 10.6. The van der Waals surface area contributed by atoms with Crippen LogP contribution < -0.4 is 5.32 Å². The van der Waals surface area contributed by atoms with Gasteiger partial charge in [-0.1, -0.05) is 60.7 Å². The van der Waals surface area contributed by atoms with E-state index in [-0.39, 0.29) is 18.3 Å². The number of nitrogens with one attached hydrogen (secondary N) is 1. The van der Waals surface area contributed by atoms with Crippen LogP contribution in [0.2, 0.25) is 0 Å². The van der Waals surface area contributed by atoms with E-state index in [9.17, 15) is 14.7 Å². The fourth-order valence-electron chi connectivity index (χ4n) is 4.98. The number of ether oxygens (including phenoxy) is 2. The third-order valence-electron chi connectivity index (χ3n) is 6.47. The summed E-state index contributed by atoms with van der Waals surface area (Å²) in [4.78, 5) is 25.1. The Kier molecular flexibility index (Phi) is 5.05. The molecule has 0 heterocycles. The van der Waals surface area contributed by atoms with Gasteiger partial charge in [0.1, 0.15) is 12.4 Å². The van der Waals surface area contributed by atoms with E-state index in [1.165, 1.54) is 7.11 Å². The number of fused-ring (bicyclic) bond motifs is 4. The minimum atomic E-state index is -0.625. The van der Waals surface area contributed by atoms with Crippen molar-refractivity contribution in [3.63, 3.8) is 0 Å². The minimum absolute atomic E-state index is 0.0514. The van der Waals surface area contributed by atoms with E-state index in [1.807, 2.05) is 24.3 Å². The second-order valence-corrected chi connectivity index (χ2v) is 8.13. The van der Waals surface area contributed by atoms with Crippen molar-refractivity contribution in [2.24, 2.45) is 5.92 Å². The maximum absolute atomic E-state index is 12.8. The number of carbonyl (C=O) groups excluding carboxylic acids is 2. The number of phenolic OH excluding ortho intramolecular Hbond substituents is 1. The number of amides is 1. The number of alkyl carbamates (subject to hydrolysis) is 1. The van der Waals surface area contributed by atoms with Crippen molar-refractivity contribution in [3.8, 4) is 16.9 Å². The van der Waals surface area contributed by atoms with E-state index in [2.05, 4.69) is 29.6 Å². The average molecular weight is 429 g/mol. The highest BCUT2D eigenvalue weighted by atomic mass is 16.5. The Bertz CT molecular complexity index is 1160. The minimum Gasteiger partial charge on any atom is -0.508 e. The Balaban J connectivity index is 1.34. The van der Waals surface area contributed by atoms with Gasteiger partial charge in [-0.2, -0.15) is 0 Å². The topological polar surface area (TPSA) is 84.9 Å². The van der Waals surface area contributed by atoms with Crippen molar-refractivity contribution in [3.05, 3.63) is 89.0 Å². The van der Waals surface area contributed by atoms with Crippen LogP contribution in [-0.2, 0) is 20.7 Å². The first-order valence-electron chi connectivity index (χ1n) is 10.6. The number of benzene rings is 3. The molecule has 2 aliphatic rings. The highest BCUT2D eigenvalue weighted by Gasteiger charge is 2.40. The van der Waals surface area contributed by atoms with Gasteiger partial charge in [-0.25, -0.2) is 4.79 Å². The van der Waals surface area contributed by atoms with Crippen molar-refractivity contribution in [1.29, 1.82) is 0 Å². The van der Waals surface area contributed by atoms with Gasteiger partial charge in [-0.3, -0.25) is 4.79 Å². The Morgan fingerprint density at radius 2 is 1.56 bits per heavy atom. The summed E-state index contributed by atoms with van der Waals surface area (Å²) in [5, 5.41) is 13.0. The van der Waals surface area contributed by atoms with Crippen molar-refractivity contribution >= 4 is 12.1 Å². The maximum Gasteiger partial charge on any atom is 0.407 e. The van der Waals surface area contributed by atoms with Crippen LogP contribution in [0.15, 0.2) is 66.7 Å². The standard InChI is InChI=1S/C26H23NO5/c1-31-25(29)21-13-20-19(11-6-12-23(20)28)24(21)27-26(30)32-14-22-17-9-4-2-7-15(17)16-8-3-5-10-18(16)22/h2-12,21-22,24,28H,13-14H2,1H3,(H,27,30). The number of hydrogen-bond acceptors (Lipinski definition) is 5. The summed E-state index contributed by atoms with van der Waals surface area (Å²) in [6.45, 7) is 0.183. The lowest BCUT2D eigenvalue weighted by molar-refractivity contribution is -0.146. The molecule has 3 aromatic rings. The molecule has 32 heavy (non-hydrogen) atoms. The van der Waals surface area contributed by atoms with Gasteiger partial charge >= 0.3 is 12.1 Å². The van der Waals surface area contributed by atoms with Gasteiger partial charge in [-0.15, -0.1) is 0 Å². The van der Waals surface area contributed by atoms with E-state index in [0.717, 1.165) is 22.3 Å². The van der Waals surface area contributed by atoms with E-state index in [1.54, 1.807) is 18.2 Å². The van der Waals surface area contributed by atoms with Crippen LogP contribution in [0.4, 0.5) is 4.79 Å². The smallest absolute Gasteiger partial charge is 0.407 e. The molecule has 2 N–H and O–H groups in total. The first kappa shape index (κ1) is 20.1. The molecule has 162 valence electrons. The summed E-state index contributed by atoms with van der Waals surface area (Å²) in [5.41, 5.74) is 5.92. The lowest BCUT2D eigenvalue weighted by atomic mass is 9.98. The van der Waals surface area contributed by atoms with Gasteiger partial charge in [-0.05, 0) is 40.3 Å². The fourth-order valence-corrected chi connectivity index (χ4v) is 4.98. The molecule has 0 aliphatic heterocycles. The zero-order valence-corrected chi connectivity index (χ0v) is 17.6. The zero-order chi connectivity index (χ0) is 22.2. The molecule has 0 radical (unpaired) electrons. The van der Waals surface area contributed by atoms with E-state index >= 15 is 0 Å². The zero-order valence-electron chi connectivity index (χ0n) is 17.6. The molecule has 2 atom stereocenters. The molecule has 0 fully saturated rings. The van der Waals surface area contributed by atoms with Gasteiger partial charge in [0.05, 0.1) is 19.1 Å². The number of rotatable bonds is 4. The van der Waals surface area contributed by atoms with E-state index in [0.29, 0.717) is 17.5 Å². The third kappa shape index (κ3) is 3.28. The molecule has 1 amide bonds. The molecule has 6 nitrogen and oxygen atoms in total. The van der Waals surface area contributed by atoms with Gasteiger partial charge in [0, 0.05) is 11.5 Å². The van der Waals surface area contributed by atoms with E-state index < -0.39 is 24.0 Å². The third-order valence-corrected chi connectivity index (χ3v) is 6.47. The first-order chi connectivity index (χ1) is 15.6. The molecule has 2 unspecified atom stereocenters. The highest BCUT2D eigenvalue weighted by Crippen LogP contribution is 2.45. The quantitative estimate of drug-likeness (QED) is 0.604. The van der Waals surface area contributed by atoms with Crippen LogP contribution in [0.1, 0.15) is 34.2 Å². The SMILES string of the molecule is COC(=O)C1Cc2c(O)cccc2C1NC(=O)OCC1c2ccccc2-c2ccccc21. The molecule has 2 aliphatic carbocycles. The van der Waals surface area contributed by atoms with Gasteiger partial charge < -0.3 is 19.9 Å². The largest absolute Gasteiger partial charge is 0.508 e. The lowest BCUT2D eigenvalue weighted by Gasteiger charge is -2.21. The molecule has 3 aromatic carbocycles. The Hall–Kier alpha value is -3.80. The number of esters is 1. The second kappa shape index (κ2) is 8.04. The number of methoxy groups -OCH3 is 1. The summed E-state index contributed by atoms with van der Waals surface area (Å²) >= 11 is 0. The van der Waals surface area contributed by atoms with Crippen molar-refractivity contribution in [2.45, 2.75) is 18.4 Å². The second-order valence-electron chi connectivity index (χ2n) is 8.13. The molecule has 0 aromatic heterocycles. The predicted octanol–water partition coefficient (Wildman–Crippen LogP) is 4.32. The van der Waals surface area contributed by atoms with Crippen LogP contribution >= 0.6 is 0 Å².